The van der Waals surface area contributed by atoms with Gasteiger partial charge in [0.2, 0.25) is 5.69 Å². The van der Waals surface area contributed by atoms with Crippen molar-refractivity contribution in [2.24, 2.45) is 0 Å². The number of allylic oxidation sites excluding steroid dienone is 5. The lowest BCUT2D eigenvalue weighted by molar-refractivity contribution is -0.433. The average Bonchev–Trinajstić information content (AvgIpc) is 3.57. The van der Waals surface area contributed by atoms with Crippen LogP contribution in [0, 0.1) is 0 Å². The quantitative estimate of drug-likeness (QED) is 0.0978. The molecule has 256 valence electrons. The maximum Gasteiger partial charge on any atom is 0.210 e. The molecule has 0 N–H and O–H groups in total. The number of nitrogens with zero attached hydrogens (tertiary/aromatic N) is 2. The molecule has 6 aromatic rings. The van der Waals surface area contributed by atoms with Gasteiger partial charge in [-0.05, 0) is 83.8 Å². The number of hydrogen-bond acceptors (Lipinski definition) is 1. The van der Waals surface area contributed by atoms with Crippen molar-refractivity contribution in [2.75, 3.05) is 18.5 Å². The summed E-state index contributed by atoms with van der Waals surface area (Å²) in [7, 11) is 2.23. The van der Waals surface area contributed by atoms with Gasteiger partial charge in [0.25, 0.3) is 0 Å². The van der Waals surface area contributed by atoms with E-state index in [-0.39, 0.29) is 10.8 Å². The Morgan fingerprint density at radius 1 is 0.635 bits per heavy atom. The van der Waals surface area contributed by atoms with E-state index in [4.69, 9.17) is 0 Å². The van der Waals surface area contributed by atoms with Crippen molar-refractivity contribution in [3.05, 3.63) is 216 Å². The molecule has 0 spiro atoms. The molecule has 0 aliphatic carbocycles. The van der Waals surface area contributed by atoms with E-state index in [0.717, 1.165) is 32.2 Å². The van der Waals surface area contributed by atoms with Crippen LogP contribution in [0.3, 0.4) is 0 Å². The van der Waals surface area contributed by atoms with E-state index in [1.165, 1.54) is 61.4 Å². The van der Waals surface area contributed by atoms with Gasteiger partial charge in [0.15, 0.2) is 5.71 Å². The summed E-state index contributed by atoms with van der Waals surface area (Å²) in [5, 5.41) is 2.63. The molecule has 0 radical (unpaired) electrons. The van der Waals surface area contributed by atoms with E-state index in [1.807, 2.05) is 0 Å². The first kappa shape index (κ1) is 33.4. The molecule has 8 rings (SSSR count). The van der Waals surface area contributed by atoms with Crippen molar-refractivity contribution in [1.29, 1.82) is 0 Å². The zero-order valence-electron chi connectivity index (χ0n) is 30.4. The Morgan fingerprint density at radius 2 is 1.19 bits per heavy atom. The smallest absolute Gasteiger partial charge is 0.210 e. The van der Waals surface area contributed by atoms with Crippen molar-refractivity contribution in [3.8, 4) is 0 Å². The van der Waals surface area contributed by atoms with Gasteiger partial charge in [-0.15, -0.1) is 6.58 Å². The molecule has 2 nitrogen and oxygen atoms in total. The Kier molecular flexibility index (Phi) is 9.07. The molecule has 0 aromatic heterocycles. The molecule has 1 unspecified atom stereocenters. The van der Waals surface area contributed by atoms with E-state index in [2.05, 4.69) is 206 Å². The van der Waals surface area contributed by atoms with Gasteiger partial charge in [0, 0.05) is 41.6 Å². The predicted octanol–water partition coefficient (Wildman–Crippen LogP) is 11.3. The summed E-state index contributed by atoms with van der Waals surface area (Å²) in [6.07, 6.45) is 12.8. The van der Waals surface area contributed by atoms with Gasteiger partial charge in [0.05, 0.1) is 5.41 Å². The van der Waals surface area contributed by atoms with Crippen LogP contribution in [0.4, 0.5) is 11.4 Å². The number of likely N-dealkylation sites (N-methyl/N-ethyl adjacent to an activating group) is 1. The minimum absolute atomic E-state index is 0.228. The van der Waals surface area contributed by atoms with Crippen molar-refractivity contribution in [2.45, 2.75) is 43.4 Å². The van der Waals surface area contributed by atoms with Gasteiger partial charge >= 0.3 is 0 Å². The minimum atomic E-state index is -0.295. The standard InChI is InChI=1S/C50H47N2/c1-4-34-49(35-38-20-9-6-10-21-38)43-28-17-18-29-44(43)51(3)46(49)30-19-31-47-50(36-39-22-11-7-12-23-39,37-40-24-13-8-14-25-40)48-42-27-16-15-26-41(42)32-33-45(48)52(47)5-2/h4,6-33H,1,5,34-37H2,2-3H3/q+1. The van der Waals surface area contributed by atoms with Gasteiger partial charge in [-0.2, -0.15) is 4.58 Å². The highest BCUT2D eigenvalue weighted by molar-refractivity contribution is 6.08. The van der Waals surface area contributed by atoms with Gasteiger partial charge in [-0.3, -0.25) is 0 Å². The molecule has 0 bridgehead atoms. The molecule has 2 heteroatoms. The molecule has 6 aromatic carbocycles. The number of rotatable bonds is 11. The summed E-state index contributed by atoms with van der Waals surface area (Å²) in [6.45, 7) is 7.46. The van der Waals surface area contributed by atoms with Gasteiger partial charge < -0.3 is 4.90 Å². The van der Waals surface area contributed by atoms with E-state index in [0.29, 0.717) is 0 Å². The molecular weight excluding hydrogens is 629 g/mol. The molecule has 2 heterocycles. The Morgan fingerprint density at radius 3 is 1.81 bits per heavy atom. The van der Waals surface area contributed by atoms with Crippen molar-refractivity contribution < 1.29 is 4.58 Å². The zero-order chi connectivity index (χ0) is 35.5. The van der Waals surface area contributed by atoms with Crippen LogP contribution in [0.1, 0.15) is 41.2 Å². The van der Waals surface area contributed by atoms with Gasteiger partial charge in [0.1, 0.15) is 6.54 Å². The van der Waals surface area contributed by atoms with E-state index in [9.17, 15) is 0 Å². The third kappa shape index (κ3) is 5.73. The molecule has 2 aliphatic rings. The van der Waals surface area contributed by atoms with Crippen molar-refractivity contribution in [3.63, 3.8) is 0 Å². The second-order valence-electron chi connectivity index (χ2n) is 14.4. The summed E-state index contributed by atoms with van der Waals surface area (Å²) in [5.74, 6) is 0. The van der Waals surface area contributed by atoms with Crippen molar-refractivity contribution in [1.82, 2.24) is 0 Å². The van der Waals surface area contributed by atoms with Crippen LogP contribution < -0.4 is 4.90 Å². The second-order valence-corrected chi connectivity index (χ2v) is 14.4. The predicted molar refractivity (Wildman–Crippen MR) is 220 cm³/mol. The summed E-state index contributed by atoms with van der Waals surface area (Å²) in [6, 6.07) is 55.7. The first-order chi connectivity index (χ1) is 25.6. The highest BCUT2D eigenvalue weighted by Crippen LogP contribution is 2.52. The number of para-hydroxylation sites is 1. The topological polar surface area (TPSA) is 6.25 Å². The SMILES string of the molecule is C=CCC1(Cc2ccccc2)C(=CC=CC2=[N+](CC)c3ccc4ccccc4c3C2(Cc2ccccc2)Cc2ccccc2)N(C)c2ccccc21. The van der Waals surface area contributed by atoms with Crippen LogP contribution in [0.5, 0.6) is 0 Å². The van der Waals surface area contributed by atoms with Crippen LogP contribution in [0.2, 0.25) is 0 Å². The first-order valence-corrected chi connectivity index (χ1v) is 18.7. The van der Waals surface area contributed by atoms with Crippen LogP contribution in [-0.4, -0.2) is 23.9 Å². The fourth-order valence-electron chi connectivity index (χ4n) is 9.33. The fraction of sp³-hybridized carbons (Fsp3) is 0.180. The number of fused-ring (bicyclic) bond motifs is 4. The van der Waals surface area contributed by atoms with Gasteiger partial charge in [-0.25, -0.2) is 0 Å². The molecule has 0 fully saturated rings. The summed E-state index contributed by atoms with van der Waals surface area (Å²) in [4.78, 5) is 2.41. The number of anilines is 1. The summed E-state index contributed by atoms with van der Waals surface area (Å²) >= 11 is 0. The van der Waals surface area contributed by atoms with Crippen molar-refractivity contribution >= 4 is 27.9 Å². The molecule has 0 amide bonds. The average molecular weight is 676 g/mol. The van der Waals surface area contributed by atoms with Crippen LogP contribution >= 0.6 is 0 Å². The van der Waals surface area contributed by atoms with Crippen LogP contribution in [0.15, 0.2) is 188 Å². The van der Waals surface area contributed by atoms with Crippen LogP contribution in [0.25, 0.3) is 10.8 Å². The molecule has 52 heavy (non-hydrogen) atoms. The Bertz CT molecular complexity index is 2270. The largest absolute Gasteiger partial charge is 0.347 e. The van der Waals surface area contributed by atoms with Crippen LogP contribution in [-0.2, 0) is 30.1 Å². The molecule has 1 atom stereocenters. The second kappa shape index (κ2) is 14.1. The lowest BCUT2D eigenvalue weighted by atomic mass is 9.67. The third-order valence-corrected chi connectivity index (χ3v) is 11.5. The third-order valence-electron chi connectivity index (χ3n) is 11.5. The number of hydrogen-bond donors (Lipinski definition) is 0. The monoisotopic (exact) mass is 675 g/mol. The van der Waals surface area contributed by atoms with E-state index < -0.39 is 0 Å². The molecule has 2 aliphatic heterocycles. The fourth-order valence-corrected chi connectivity index (χ4v) is 9.33. The Hall–Kier alpha value is -5.73. The summed E-state index contributed by atoms with van der Waals surface area (Å²) < 4.78 is 2.58. The van der Waals surface area contributed by atoms with Gasteiger partial charge in [-0.1, -0.05) is 146 Å². The lowest BCUT2D eigenvalue weighted by Crippen LogP contribution is -2.39. The molecule has 0 saturated carbocycles. The highest BCUT2D eigenvalue weighted by Gasteiger charge is 2.52. The maximum absolute atomic E-state index is 4.28. The lowest BCUT2D eigenvalue weighted by Gasteiger charge is -2.32. The van der Waals surface area contributed by atoms with E-state index in [1.54, 1.807) is 0 Å². The highest BCUT2D eigenvalue weighted by atomic mass is 15.2. The Labute approximate surface area is 309 Å². The minimum Gasteiger partial charge on any atom is -0.347 e. The van der Waals surface area contributed by atoms with E-state index >= 15 is 0 Å². The summed E-state index contributed by atoms with van der Waals surface area (Å²) in [5.41, 5.74) is 11.5. The maximum atomic E-state index is 4.28. The first-order valence-electron chi connectivity index (χ1n) is 18.7. The molecular formula is C50H47N2+. The zero-order valence-corrected chi connectivity index (χ0v) is 30.4. The molecule has 0 saturated heterocycles. The number of benzene rings is 6. The Balaban J connectivity index is 1.34. The normalized spacial score (nSPS) is 18.3.